The summed E-state index contributed by atoms with van der Waals surface area (Å²) >= 11 is 0. The normalized spacial score (nSPS) is 10.7. The third kappa shape index (κ3) is 1.69. The zero-order valence-corrected chi connectivity index (χ0v) is 7.48. The number of fused-ring (bicyclic) bond motifs is 1. The molecule has 0 aliphatic heterocycles. The molecule has 0 saturated carbocycles. The van der Waals surface area contributed by atoms with Crippen LogP contribution in [0.2, 0.25) is 0 Å². The molecule has 2 N–H and O–H groups in total. The quantitative estimate of drug-likeness (QED) is 0.659. The molecule has 0 fully saturated rings. The molecule has 6 heteroatoms. The third-order valence-electron chi connectivity index (χ3n) is 2.06. The number of nitrogens with zero attached hydrogens (tertiary/aromatic N) is 1. The summed E-state index contributed by atoms with van der Waals surface area (Å²) in [4.78, 5) is 3.63. The number of hydrogen-bond donors (Lipinski definition) is 2. The van der Waals surface area contributed by atoms with Crippen molar-refractivity contribution in [3.63, 3.8) is 0 Å². The molecule has 2 aromatic rings. The van der Waals surface area contributed by atoms with E-state index < -0.39 is 18.8 Å². The molecular weight excluding hydrogens is 203 g/mol. The Balaban J connectivity index is 2.70. The number of hydrogen-bond acceptors (Lipinski definition) is 3. The van der Waals surface area contributed by atoms with Gasteiger partial charge in [0.2, 0.25) is 0 Å². The summed E-state index contributed by atoms with van der Waals surface area (Å²) in [5.41, 5.74) is 0.00732. The molecule has 15 heavy (non-hydrogen) atoms. The minimum atomic E-state index is -1.67. The van der Waals surface area contributed by atoms with E-state index in [-0.39, 0.29) is 11.0 Å². The molecule has 1 heterocycles. The first-order valence-corrected chi connectivity index (χ1v) is 4.19. The topological polar surface area (TPSA) is 53.4 Å². The molecule has 0 amide bonds. The maximum absolute atomic E-state index is 13.2. The third-order valence-corrected chi connectivity index (χ3v) is 2.06. The van der Waals surface area contributed by atoms with E-state index in [1.807, 2.05) is 0 Å². The monoisotopic (exact) mass is 209 g/mol. The first kappa shape index (κ1) is 10.0. The fraction of sp³-hybridized carbons (Fsp3) is 0. The van der Waals surface area contributed by atoms with E-state index in [1.165, 1.54) is 12.1 Å². The Hall–Kier alpha value is -1.53. The predicted molar refractivity (Wildman–Crippen MR) is 51.5 cm³/mol. The first-order valence-electron chi connectivity index (χ1n) is 4.19. The van der Waals surface area contributed by atoms with Gasteiger partial charge in [0.1, 0.15) is 5.52 Å². The minimum absolute atomic E-state index is 0.126. The van der Waals surface area contributed by atoms with E-state index in [0.29, 0.717) is 5.39 Å². The van der Waals surface area contributed by atoms with E-state index in [1.54, 1.807) is 0 Å². The number of pyridine rings is 1. The van der Waals surface area contributed by atoms with Gasteiger partial charge in [-0.3, -0.25) is 4.98 Å². The highest BCUT2D eigenvalue weighted by molar-refractivity contribution is 6.58. The van der Waals surface area contributed by atoms with Crippen LogP contribution in [0.3, 0.4) is 0 Å². The second-order valence-corrected chi connectivity index (χ2v) is 3.08. The SMILES string of the molecule is OB(O)c1cnc2c(F)c(F)ccc2c1. The van der Waals surface area contributed by atoms with Crippen molar-refractivity contribution in [3.8, 4) is 0 Å². The van der Waals surface area contributed by atoms with Gasteiger partial charge in [-0.2, -0.15) is 0 Å². The van der Waals surface area contributed by atoms with Crippen molar-refractivity contribution >= 4 is 23.5 Å². The second-order valence-electron chi connectivity index (χ2n) is 3.08. The van der Waals surface area contributed by atoms with Crippen LogP contribution in [0.25, 0.3) is 10.9 Å². The fourth-order valence-corrected chi connectivity index (χ4v) is 1.30. The van der Waals surface area contributed by atoms with Crippen LogP contribution in [0.5, 0.6) is 0 Å². The van der Waals surface area contributed by atoms with Crippen LogP contribution >= 0.6 is 0 Å². The highest BCUT2D eigenvalue weighted by Gasteiger charge is 2.14. The van der Waals surface area contributed by atoms with Crippen LogP contribution in [0.4, 0.5) is 8.78 Å². The maximum atomic E-state index is 13.2. The van der Waals surface area contributed by atoms with Gasteiger partial charge in [-0.15, -0.1) is 0 Å². The van der Waals surface area contributed by atoms with Gasteiger partial charge >= 0.3 is 7.12 Å². The summed E-state index contributed by atoms with van der Waals surface area (Å²) in [6.45, 7) is 0. The maximum Gasteiger partial charge on any atom is 0.490 e. The van der Waals surface area contributed by atoms with Gasteiger partial charge in [0.05, 0.1) is 0 Å². The van der Waals surface area contributed by atoms with Crippen LogP contribution in [0.1, 0.15) is 0 Å². The van der Waals surface area contributed by atoms with Crippen LogP contribution in [0, 0.1) is 11.6 Å². The van der Waals surface area contributed by atoms with Gasteiger partial charge in [-0.25, -0.2) is 8.78 Å². The molecule has 0 atom stereocenters. The van der Waals surface area contributed by atoms with E-state index in [0.717, 1.165) is 12.3 Å². The second kappa shape index (κ2) is 3.56. The molecule has 3 nitrogen and oxygen atoms in total. The molecule has 0 aliphatic rings. The van der Waals surface area contributed by atoms with E-state index in [4.69, 9.17) is 10.0 Å². The Bertz CT molecular complexity index is 519. The average molecular weight is 209 g/mol. The van der Waals surface area contributed by atoms with Crippen LogP contribution in [-0.4, -0.2) is 22.2 Å². The fourth-order valence-electron chi connectivity index (χ4n) is 1.30. The predicted octanol–water partition coefficient (Wildman–Crippen LogP) is 0.193. The van der Waals surface area contributed by atoms with Gasteiger partial charge in [0.25, 0.3) is 0 Å². The van der Waals surface area contributed by atoms with Crippen molar-refractivity contribution in [3.05, 3.63) is 36.0 Å². The molecule has 0 radical (unpaired) electrons. The van der Waals surface area contributed by atoms with Crippen LogP contribution in [0.15, 0.2) is 24.4 Å². The molecule has 76 valence electrons. The summed E-state index contributed by atoms with van der Waals surface area (Å²) in [6.07, 6.45) is 1.09. The zero-order chi connectivity index (χ0) is 11.0. The van der Waals surface area contributed by atoms with E-state index >= 15 is 0 Å². The Labute approximate surface area is 84.1 Å². The number of aromatic nitrogens is 1. The summed E-state index contributed by atoms with van der Waals surface area (Å²) in [7, 11) is -1.67. The zero-order valence-electron chi connectivity index (χ0n) is 7.48. The van der Waals surface area contributed by atoms with E-state index in [2.05, 4.69) is 4.98 Å². The lowest BCUT2D eigenvalue weighted by molar-refractivity contribution is 0.425. The Morgan fingerprint density at radius 3 is 2.60 bits per heavy atom. The highest BCUT2D eigenvalue weighted by Crippen LogP contribution is 2.16. The molecule has 0 saturated heterocycles. The average Bonchev–Trinajstić information content (AvgIpc) is 2.23. The van der Waals surface area contributed by atoms with Crippen molar-refractivity contribution in [2.45, 2.75) is 0 Å². The standard InChI is InChI=1S/C9H6BF2NO2/c11-7-2-1-5-3-6(10(14)15)4-13-9(5)8(7)12/h1-4,14-15H. The lowest BCUT2D eigenvalue weighted by Gasteiger charge is -2.02. The van der Waals surface area contributed by atoms with Crippen molar-refractivity contribution in [1.29, 1.82) is 0 Å². The minimum Gasteiger partial charge on any atom is -0.423 e. The lowest BCUT2D eigenvalue weighted by Crippen LogP contribution is -2.30. The van der Waals surface area contributed by atoms with Crippen LogP contribution in [-0.2, 0) is 0 Å². The Kier molecular flexibility index (Phi) is 2.38. The molecule has 1 aromatic carbocycles. The summed E-state index contributed by atoms with van der Waals surface area (Å²) in [5.74, 6) is -2.02. The van der Waals surface area contributed by atoms with Gasteiger partial charge in [0.15, 0.2) is 11.6 Å². The van der Waals surface area contributed by atoms with Gasteiger partial charge in [-0.05, 0) is 12.1 Å². The van der Waals surface area contributed by atoms with Crippen molar-refractivity contribution < 1.29 is 18.8 Å². The van der Waals surface area contributed by atoms with Crippen molar-refractivity contribution in [2.75, 3.05) is 0 Å². The number of benzene rings is 1. The summed E-state index contributed by atoms with van der Waals surface area (Å²) in [6, 6.07) is 3.63. The molecule has 0 spiro atoms. The van der Waals surface area contributed by atoms with Gasteiger partial charge in [-0.1, -0.05) is 6.07 Å². The molecular formula is C9H6BF2NO2. The molecule has 0 unspecified atom stereocenters. The smallest absolute Gasteiger partial charge is 0.423 e. The molecule has 2 rings (SSSR count). The van der Waals surface area contributed by atoms with Gasteiger partial charge in [0, 0.05) is 17.0 Å². The van der Waals surface area contributed by atoms with Crippen LogP contribution < -0.4 is 5.46 Å². The summed E-state index contributed by atoms with van der Waals surface area (Å²) in [5, 5.41) is 18.0. The highest BCUT2D eigenvalue weighted by atomic mass is 19.2. The van der Waals surface area contributed by atoms with Gasteiger partial charge < -0.3 is 10.0 Å². The summed E-state index contributed by atoms with van der Waals surface area (Å²) < 4.78 is 26.0. The number of halogens is 2. The van der Waals surface area contributed by atoms with Crippen molar-refractivity contribution in [2.24, 2.45) is 0 Å². The largest absolute Gasteiger partial charge is 0.490 e. The molecule has 0 aliphatic carbocycles. The number of rotatable bonds is 1. The Morgan fingerprint density at radius 1 is 1.20 bits per heavy atom. The first-order chi connectivity index (χ1) is 7.09. The Morgan fingerprint density at radius 2 is 1.93 bits per heavy atom. The lowest BCUT2D eigenvalue weighted by atomic mass is 9.81. The molecule has 1 aromatic heterocycles. The molecule has 0 bridgehead atoms. The van der Waals surface area contributed by atoms with E-state index in [9.17, 15) is 8.78 Å². The van der Waals surface area contributed by atoms with Crippen molar-refractivity contribution in [1.82, 2.24) is 4.98 Å².